The standard InChI is InChI=1S/C13H24O2/c1-6-11(7-2)10-12(14)8-9-13(3,4)15-5/h10H,6-9H2,1-5H3. The molecule has 0 heterocycles. The van der Waals surface area contributed by atoms with Crippen LogP contribution >= 0.6 is 0 Å². The van der Waals surface area contributed by atoms with E-state index in [-0.39, 0.29) is 11.4 Å². The molecular formula is C13H24O2. The van der Waals surface area contributed by atoms with Gasteiger partial charge in [0.2, 0.25) is 0 Å². The molecule has 0 N–H and O–H groups in total. The maximum absolute atomic E-state index is 11.6. The van der Waals surface area contributed by atoms with Crippen LogP contribution in [0.4, 0.5) is 0 Å². The molecule has 0 aliphatic carbocycles. The Morgan fingerprint density at radius 1 is 1.27 bits per heavy atom. The van der Waals surface area contributed by atoms with Gasteiger partial charge in [-0.3, -0.25) is 4.79 Å². The van der Waals surface area contributed by atoms with Crippen LogP contribution in [-0.2, 0) is 9.53 Å². The van der Waals surface area contributed by atoms with E-state index in [1.165, 1.54) is 5.57 Å². The molecule has 0 radical (unpaired) electrons. The van der Waals surface area contributed by atoms with Crippen LogP contribution in [0.5, 0.6) is 0 Å². The highest BCUT2D eigenvalue weighted by molar-refractivity contribution is 5.90. The first kappa shape index (κ1) is 14.4. The molecule has 0 unspecified atom stereocenters. The van der Waals surface area contributed by atoms with Crippen molar-refractivity contribution >= 4 is 5.78 Å². The maximum Gasteiger partial charge on any atom is 0.155 e. The van der Waals surface area contributed by atoms with Crippen molar-refractivity contribution in [3.63, 3.8) is 0 Å². The lowest BCUT2D eigenvalue weighted by atomic mass is 9.99. The average Bonchev–Trinajstić information content (AvgIpc) is 2.23. The summed E-state index contributed by atoms with van der Waals surface area (Å²) in [5.74, 6) is 0.221. The summed E-state index contributed by atoms with van der Waals surface area (Å²) < 4.78 is 5.27. The van der Waals surface area contributed by atoms with Gasteiger partial charge in [0, 0.05) is 13.5 Å². The van der Waals surface area contributed by atoms with Crippen molar-refractivity contribution < 1.29 is 9.53 Å². The first-order valence-electron chi connectivity index (χ1n) is 5.72. The molecular weight excluding hydrogens is 188 g/mol. The van der Waals surface area contributed by atoms with Gasteiger partial charge in [-0.1, -0.05) is 19.4 Å². The van der Waals surface area contributed by atoms with E-state index >= 15 is 0 Å². The van der Waals surface area contributed by atoms with Gasteiger partial charge < -0.3 is 4.74 Å². The predicted molar refractivity (Wildman–Crippen MR) is 64.0 cm³/mol. The second-order valence-corrected chi connectivity index (χ2v) is 4.44. The van der Waals surface area contributed by atoms with Crippen LogP contribution in [0.1, 0.15) is 53.4 Å². The number of hydrogen-bond donors (Lipinski definition) is 0. The summed E-state index contributed by atoms with van der Waals surface area (Å²) in [6.45, 7) is 8.18. The quantitative estimate of drug-likeness (QED) is 0.604. The minimum atomic E-state index is -0.192. The first-order chi connectivity index (χ1) is 6.95. The van der Waals surface area contributed by atoms with Crippen LogP contribution in [-0.4, -0.2) is 18.5 Å². The van der Waals surface area contributed by atoms with Gasteiger partial charge in [0.25, 0.3) is 0 Å². The summed E-state index contributed by atoms with van der Waals surface area (Å²) in [6.07, 6.45) is 5.08. The van der Waals surface area contributed by atoms with E-state index in [0.717, 1.165) is 19.3 Å². The van der Waals surface area contributed by atoms with E-state index in [9.17, 15) is 4.79 Å². The third-order valence-corrected chi connectivity index (χ3v) is 2.80. The fourth-order valence-corrected chi connectivity index (χ4v) is 1.28. The van der Waals surface area contributed by atoms with E-state index in [1.807, 2.05) is 13.8 Å². The second kappa shape index (κ2) is 6.78. The fraction of sp³-hybridized carbons (Fsp3) is 0.769. The molecule has 0 spiro atoms. The Balaban J connectivity index is 4.10. The molecule has 0 amide bonds. The molecule has 0 rings (SSSR count). The highest BCUT2D eigenvalue weighted by atomic mass is 16.5. The molecule has 0 saturated heterocycles. The van der Waals surface area contributed by atoms with E-state index in [1.54, 1.807) is 13.2 Å². The Labute approximate surface area is 93.7 Å². The molecule has 0 aromatic rings. The van der Waals surface area contributed by atoms with Gasteiger partial charge >= 0.3 is 0 Å². The predicted octanol–water partition coefficient (Wildman–Crippen LogP) is 3.51. The average molecular weight is 212 g/mol. The highest BCUT2D eigenvalue weighted by Gasteiger charge is 2.17. The minimum absolute atomic E-state index is 0.192. The third kappa shape index (κ3) is 6.45. The highest BCUT2D eigenvalue weighted by Crippen LogP contribution is 2.16. The SMILES string of the molecule is CCC(=CC(=O)CCC(C)(C)OC)CC. The Hall–Kier alpha value is -0.630. The van der Waals surface area contributed by atoms with Crippen LogP contribution in [0.15, 0.2) is 11.6 Å². The van der Waals surface area contributed by atoms with Crippen molar-refractivity contribution in [3.05, 3.63) is 11.6 Å². The Bertz CT molecular complexity index is 221. The van der Waals surface area contributed by atoms with Gasteiger partial charge in [-0.15, -0.1) is 0 Å². The Morgan fingerprint density at radius 2 is 1.80 bits per heavy atom. The van der Waals surface area contributed by atoms with Crippen molar-refractivity contribution in [2.24, 2.45) is 0 Å². The lowest BCUT2D eigenvalue weighted by Gasteiger charge is -2.21. The molecule has 0 atom stereocenters. The van der Waals surface area contributed by atoms with E-state index in [2.05, 4.69) is 13.8 Å². The molecule has 0 aliphatic rings. The fourth-order valence-electron chi connectivity index (χ4n) is 1.28. The van der Waals surface area contributed by atoms with Crippen LogP contribution < -0.4 is 0 Å². The Morgan fingerprint density at radius 3 is 2.20 bits per heavy atom. The molecule has 15 heavy (non-hydrogen) atoms. The minimum Gasteiger partial charge on any atom is -0.379 e. The number of hydrogen-bond acceptors (Lipinski definition) is 2. The van der Waals surface area contributed by atoms with Crippen LogP contribution in [0.25, 0.3) is 0 Å². The van der Waals surface area contributed by atoms with Crippen molar-refractivity contribution in [2.45, 2.75) is 59.0 Å². The molecule has 0 aromatic carbocycles. The summed E-state index contributed by atoms with van der Waals surface area (Å²) in [5.41, 5.74) is 1.04. The van der Waals surface area contributed by atoms with Gasteiger partial charge in [0.05, 0.1) is 5.60 Å². The van der Waals surface area contributed by atoms with E-state index in [0.29, 0.717) is 6.42 Å². The zero-order valence-corrected chi connectivity index (χ0v) is 10.7. The number of allylic oxidation sites excluding steroid dienone is 2. The summed E-state index contributed by atoms with van der Waals surface area (Å²) in [7, 11) is 1.68. The smallest absolute Gasteiger partial charge is 0.155 e. The topological polar surface area (TPSA) is 26.3 Å². The molecule has 0 fully saturated rings. The van der Waals surface area contributed by atoms with E-state index < -0.39 is 0 Å². The summed E-state index contributed by atoms with van der Waals surface area (Å²) in [4.78, 5) is 11.6. The summed E-state index contributed by atoms with van der Waals surface area (Å²) in [6, 6.07) is 0. The van der Waals surface area contributed by atoms with Gasteiger partial charge in [-0.2, -0.15) is 0 Å². The van der Waals surface area contributed by atoms with Gasteiger partial charge in [-0.05, 0) is 39.2 Å². The number of carbonyl (C=O) groups is 1. The third-order valence-electron chi connectivity index (χ3n) is 2.80. The van der Waals surface area contributed by atoms with Gasteiger partial charge in [0.15, 0.2) is 5.78 Å². The molecule has 2 nitrogen and oxygen atoms in total. The zero-order valence-electron chi connectivity index (χ0n) is 10.7. The summed E-state index contributed by atoms with van der Waals surface area (Å²) >= 11 is 0. The van der Waals surface area contributed by atoms with Crippen LogP contribution in [0.3, 0.4) is 0 Å². The molecule has 2 heteroatoms. The van der Waals surface area contributed by atoms with Gasteiger partial charge in [-0.25, -0.2) is 0 Å². The van der Waals surface area contributed by atoms with Crippen LogP contribution in [0.2, 0.25) is 0 Å². The number of rotatable bonds is 7. The molecule has 0 bridgehead atoms. The zero-order chi connectivity index (χ0) is 11.9. The largest absolute Gasteiger partial charge is 0.379 e. The normalized spacial score (nSPS) is 11.3. The first-order valence-corrected chi connectivity index (χ1v) is 5.72. The second-order valence-electron chi connectivity index (χ2n) is 4.44. The van der Waals surface area contributed by atoms with Gasteiger partial charge in [0.1, 0.15) is 0 Å². The Kier molecular flexibility index (Phi) is 6.50. The molecule has 0 aromatic heterocycles. The van der Waals surface area contributed by atoms with E-state index in [4.69, 9.17) is 4.74 Å². The van der Waals surface area contributed by atoms with Crippen LogP contribution in [0, 0.1) is 0 Å². The molecule has 88 valence electrons. The van der Waals surface area contributed by atoms with Crippen molar-refractivity contribution in [1.82, 2.24) is 0 Å². The maximum atomic E-state index is 11.6. The molecule has 0 saturated carbocycles. The number of ketones is 1. The monoisotopic (exact) mass is 212 g/mol. The lowest BCUT2D eigenvalue weighted by molar-refractivity contribution is -0.116. The number of methoxy groups -OCH3 is 1. The lowest BCUT2D eigenvalue weighted by Crippen LogP contribution is -2.23. The molecule has 0 aliphatic heterocycles. The van der Waals surface area contributed by atoms with Crippen molar-refractivity contribution in [3.8, 4) is 0 Å². The van der Waals surface area contributed by atoms with Crippen molar-refractivity contribution in [2.75, 3.05) is 7.11 Å². The summed E-state index contributed by atoms with van der Waals surface area (Å²) in [5, 5.41) is 0. The van der Waals surface area contributed by atoms with Crippen molar-refractivity contribution in [1.29, 1.82) is 0 Å². The number of carbonyl (C=O) groups excluding carboxylic acids is 1. The number of ether oxygens (including phenoxy) is 1.